The lowest BCUT2D eigenvalue weighted by molar-refractivity contribution is -0.195. The van der Waals surface area contributed by atoms with E-state index in [0.717, 1.165) is 50.5 Å². The number of aliphatic hydroxyl groups excluding tert-OH is 1. The first kappa shape index (κ1) is 32.8. The Labute approximate surface area is 269 Å². The molecule has 9 heteroatoms. The van der Waals surface area contributed by atoms with E-state index in [9.17, 15) is 23.1 Å². The van der Waals surface area contributed by atoms with Crippen molar-refractivity contribution in [3.8, 4) is 5.75 Å². The monoisotopic (exact) mass is 643 g/mol. The molecule has 10 atom stereocenters. The lowest BCUT2D eigenvalue weighted by Crippen LogP contribution is -2.62. The van der Waals surface area contributed by atoms with Gasteiger partial charge in [0.15, 0.2) is 0 Å². The summed E-state index contributed by atoms with van der Waals surface area (Å²) in [5, 5.41) is 11.9. The van der Waals surface area contributed by atoms with Gasteiger partial charge in [-0.2, -0.15) is 0 Å². The van der Waals surface area contributed by atoms with E-state index in [1.165, 1.54) is 6.07 Å². The third-order valence-electron chi connectivity index (χ3n) is 13.4. The minimum absolute atomic E-state index is 0.0131. The molecular weight excluding hydrogens is 590 g/mol. The number of sulfonamides is 1. The van der Waals surface area contributed by atoms with E-state index in [4.69, 9.17) is 9.47 Å². The van der Waals surface area contributed by atoms with Gasteiger partial charge in [-0.1, -0.05) is 34.1 Å². The van der Waals surface area contributed by atoms with E-state index < -0.39 is 22.2 Å². The molecule has 6 rings (SSSR count). The minimum atomic E-state index is -4.10. The number of amides is 1. The van der Waals surface area contributed by atoms with Gasteiger partial charge in [-0.25, -0.2) is 17.9 Å². The van der Waals surface area contributed by atoms with E-state index >= 15 is 0 Å². The first-order valence-electron chi connectivity index (χ1n) is 17.3. The van der Waals surface area contributed by atoms with Crippen LogP contribution in [0.5, 0.6) is 5.75 Å². The second kappa shape index (κ2) is 11.5. The van der Waals surface area contributed by atoms with Crippen molar-refractivity contribution in [1.29, 1.82) is 0 Å². The molecule has 1 aliphatic heterocycles. The maximum absolute atomic E-state index is 13.1. The second-order valence-corrected chi connectivity index (χ2v) is 17.9. The number of aryl methyl sites for hydroxylation is 1. The van der Waals surface area contributed by atoms with Gasteiger partial charge in [-0.05, 0) is 135 Å². The summed E-state index contributed by atoms with van der Waals surface area (Å²) in [4.78, 5) is 25.3. The molecule has 8 nitrogen and oxygen atoms in total. The number of carbonyl (C=O) groups is 2. The summed E-state index contributed by atoms with van der Waals surface area (Å²) in [7, 11) is -4.10. The Balaban J connectivity index is 1.10. The summed E-state index contributed by atoms with van der Waals surface area (Å²) in [6.07, 6.45) is 7.40. The number of Topliss-reactive ketones (excluding diaryl/α,β-unsaturated/α-hetero) is 1. The Morgan fingerprint density at radius 2 is 1.78 bits per heavy atom. The van der Waals surface area contributed by atoms with Crippen molar-refractivity contribution in [2.45, 2.75) is 122 Å². The zero-order valence-electron chi connectivity index (χ0n) is 27.9. The van der Waals surface area contributed by atoms with Crippen molar-refractivity contribution >= 4 is 21.9 Å². The third-order valence-corrected chi connectivity index (χ3v) is 14.7. The van der Waals surface area contributed by atoms with Crippen LogP contribution in [0.25, 0.3) is 0 Å². The molecule has 0 aromatic heterocycles. The van der Waals surface area contributed by atoms with Crippen LogP contribution in [0.1, 0.15) is 105 Å². The van der Waals surface area contributed by atoms with E-state index in [1.54, 1.807) is 12.1 Å². The van der Waals surface area contributed by atoms with Gasteiger partial charge in [-0.15, -0.1) is 0 Å². The van der Waals surface area contributed by atoms with Crippen LogP contribution >= 0.6 is 0 Å². The Morgan fingerprint density at radius 3 is 2.51 bits per heavy atom. The number of aliphatic hydroxyl groups is 1. The van der Waals surface area contributed by atoms with E-state index in [0.29, 0.717) is 48.5 Å². The van der Waals surface area contributed by atoms with Crippen molar-refractivity contribution in [2.75, 3.05) is 6.61 Å². The Hall–Kier alpha value is -2.13. The molecule has 1 amide bonds. The standard InChI is InChI=1S/C36H53NO7S/c1-7-25-29-19-23(38)13-16-36(29,6)28-14-17-35(5)26(9-10-27(35)31(28)32(25)39)21(2)20-43-33(40)37-45(41,42)24-8-11-30-22(18-24)12-15-34(3,4)44-30/h8,11,18,21,25-29,31-32,39H,7,9-10,12-17,19-20H2,1-6H3,(H,37,40)/t21-,25-,26-,27+,28+,29+,31+,32-,35-,36-/m1/s1. The number of hydrogen-bond donors (Lipinski definition) is 2. The molecule has 45 heavy (non-hydrogen) atoms. The zero-order valence-corrected chi connectivity index (χ0v) is 28.8. The highest BCUT2D eigenvalue weighted by Gasteiger charge is 2.65. The minimum Gasteiger partial charge on any atom is -0.488 e. The SMILES string of the molecule is CC[C@H]1[C@@H](O)[C@@H]2[C@H](CC[C@]3(C)[C@@H]([C@H](C)COC(=O)NS(=O)(=O)c4ccc5c(c4)CCC(C)(C)O5)CC[C@@H]23)[C@@]2(C)CCC(=O)C[C@@H]12. The number of fused-ring (bicyclic) bond motifs is 6. The van der Waals surface area contributed by atoms with E-state index in [1.807, 2.05) is 13.8 Å². The molecule has 0 saturated heterocycles. The summed E-state index contributed by atoms with van der Waals surface area (Å²) >= 11 is 0. The van der Waals surface area contributed by atoms with Crippen LogP contribution in [0.2, 0.25) is 0 Å². The largest absolute Gasteiger partial charge is 0.488 e. The average molecular weight is 644 g/mol. The van der Waals surface area contributed by atoms with Crippen molar-refractivity contribution in [2.24, 2.45) is 52.3 Å². The number of hydrogen-bond acceptors (Lipinski definition) is 7. The van der Waals surface area contributed by atoms with Crippen molar-refractivity contribution in [3.05, 3.63) is 23.8 Å². The molecule has 0 bridgehead atoms. The summed E-state index contributed by atoms with van der Waals surface area (Å²) < 4.78 is 39.8. The molecule has 0 radical (unpaired) electrons. The van der Waals surface area contributed by atoms with Crippen LogP contribution in [0, 0.1) is 52.3 Å². The summed E-state index contributed by atoms with van der Waals surface area (Å²) in [6.45, 7) is 13.2. The molecule has 4 aliphatic carbocycles. The smallest absolute Gasteiger partial charge is 0.421 e. The van der Waals surface area contributed by atoms with Crippen LogP contribution in [0.3, 0.4) is 0 Å². The van der Waals surface area contributed by atoms with Crippen LogP contribution in [-0.2, 0) is 26.0 Å². The molecule has 250 valence electrons. The predicted octanol–water partition coefficient (Wildman–Crippen LogP) is 6.68. The fourth-order valence-electron chi connectivity index (χ4n) is 11.1. The zero-order chi connectivity index (χ0) is 32.5. The van der Waals surface area contributed by atoms with Gasteiger partial charge in [0.1, 0.15) is 17.1 Å². The van der Waals surface area contributed by atoms with Gasteiger partial charge in [0, 0.05) is 12.8 Å². The molecule has 4 saturated carbocycles. The van der Waals surface area contributed by atoms with Crippen LogP contribution in [0.15, 0.2) is 23.1 Å². The van der Waals surface area contributed by atoms with Gasteiger partial charge in [0.05, 0.1) is 17.6 Å². The maximum atomic E-state index is 13.1. The average Bonchev–Trinajstić information content (AvgIpc) is 3.33. The van der Waals surface area contributed by atoms with E-state index in [2.05, 4.69) is 32.4 Å². The molecule has 1 heterocycles. The number of carbonyl (C=O) groups excluding carboxylic acids is 2. The van der Waals surface area contributed by atoms with Crippen LogP contribution in [0.4, 0.5) is 4.79 Å². The van der Waals surface area contributed by atoms with Crippen molar-refractivity contribution < 1.29 is 32.6 Å². The second-order valence-electron chi connectivity index (χ2n) is 16.2. The fraction of sp³-hybridized carbons (Fsp3) is 0.778. The Kier molecular flexibility index (Phi) is 8.41. The highest BCUT2D eigenvalue weighted by Crippen LogP contribution is 2.69. The van der Waals surface area contributed by atoms with Gasteiger partial charge >= 0.3 is 6.09 Å². The first-order valence-corrected chi connectivity index (χ1v) is 18.8. The first-order chi connectivity index (χ1) is 21.1. The topological polar surface area (TPSA) is 119 Å². The third kappa shape index (κ3) is 5.62. The quantitative estimate of drug-likeness (QED) is 0.355. The van der Waals surface area contributed by atoms with Crippen LogP contribution in [-0.4, -0.2) is 43.7 Å². The van der Waals surface area contributed by atoms with Gasteiger partial charge in [0.2, 0.25) is 0 Å². The van der Waals surface area contributed by atoms with Crippen molar-refractivity contribution in [3.63, 3.8) is 0 Å². The number of nitrogens with one attached hydrogen (secondary N) is 1. The predicted molar refractivity (Wildman–Crippen MR) is 171 cm³/mol. The molecule has 4 fully saturated rings. The highest BCUT2D eigenvalue weighted by atomic mass is 32.2. The summed E-state index contributed by atoms with van der Waals surface area (Å²) in [5.41, 5.74) is 0.624. The van der Waals surface area contributed by atoms with E-state index in [-0.39, 0.29) is 51.6 Å². The molecule has 0 unspecified atom stereocenters. The maximum Gasteiger partial charge on any atom is 0.421 e. The summed E-state index contributed by atoms with van der Waals surface area (Å²) in [5.74, 6) is 2.85. The highest BCUT2D eigenvalue weighted by molar-refractivity contribution is 7.90. The van der Waals surface area contributed by atoms with Gasteiger partial charge in [-0.3, -0.25) is 4.79 Å². The Bertz CT molecular complexity index is 1440. The number of benzene rings is 1. The van der Waals surface area contributed by atoms with Gasteiger partial charge in [0.25, 0.3) is 10.0 Å². The molecule has 5 aliphatic rings. The molecule has 0 spiro atoms. The molecule has 1 aromatic carbocycles. The summed E-state index contributed by atoms with van der Waals surface area (Å²) in [6, 6.07) is 4.70. The Morgan fingerprint density at radius 1 is 1.04 bits per heavy atom. The molecular formula is C36H53NO7S. The fourth-order valence-corrected chi connectivity index (χ4v) is 12.0. The molecule has 1 aromatic rings. The normalized spacial score (nSPS) is 39.4. The lowest BCUT2D eigenvalue weighted by Gasteiger charge is -2.64. The van der Waals surface area contributed by atoms with Crippen molar-refractivity contribution in [1.82, 2.24) is 4.72 Å². The number of rotatable bonds is 6. The number of ketones is 1. The van der Waals surface area contributed by atoms with Crippen LogP contribution < -0.4 is 9.46 Å². The van der Waals surface area contributed by atoms with Gasteiger partial charge < -0.3 is 14.6 Å². The lowest BCUT2D eigenvalue weighted by atomic mass is 9.41. The number of ether oxygens (including phenoxy) is 2. The molecule has 2 N–H and O–H groups in total.